The number of phosphoric ester groups is 2. The van der Waals surface area contributed by atoms with Crippen LogP contribution in [0.4, 0.5) is 0 Å². The molecule has 0 rings (SSSR count). The second-order valence-electron chi connectivity index (χ2n) is 18.6. The molecule has 0 amide bonds. The Morgan fingerprint density at radius 2 is 0.597 bits per heavy atom. The van der Waals surface area contributed by atoms with Crippen LogP contribution >= 0.6 is 15.6 Å². The van der Waals surface area contributed by atoms with Crippen molar-refractivity contribution in [3.05, 3.63) is 60.8 Å². The van der Waals surface area contributed by atoms with Crippen LogP contribution in [0.3, 0.4) is 0 Å². The van der Waals surface area contributed by atoms with Crippen molar-refractivity contribution in [3.8, 4) is 0 Å². The number of allylic oxidation sites excluding steroid dienone is 10. The Labute approximate surface area is 435 Å². The lowest BCUT2D eigenvalue weighted by molar-refractivity contribution is -0.148. The number of aliphatic hydroxyl groups is 3. The van der Waals surface area contributed by atoms with E-state index in [1.54, 1.807) is 0 Å². The van der Waals surface area contributed by atoms with Gasteiger partial charge in [0.1, 0.15) is 31.5 Å². The fourth-order valence-electron chi connectivity index (χ4n) is 7.13. The highest BCUT2D eigenvalue weighted by atomic mass is 31.2. The quantitative estimate of drug-likeness (QED) is 0.0165. The molecule has 72 heavy (non-hydrogen) atoms. The topological polar surface area (TPSA) is 225 Å². The van der Waals surface area contributed by atoms with Gasteiger partial charge in [0.2, 0.25) is 0 Å². The summed E-state index contributed by atoms with van der Waals surface area (Å²) in [5.74, 6) is -1.01. The highest BCUT2D eigenvalue weighted by Crippen LogP contribution is 2.45. The van der Waals surface area contributed by atoms with Crippen LogP contribution in [0, 0.1) is 0 Å². The third kappa shape index (κ3) is 52.6. The van der Waals surface area contributed by atoms with Gasteiger partial charge in [0.15, 0.2) is 0 Å². The van der Waals surface area contributed by atoms with Crippen molar-refractivity contribution in [2.24, 2.45) is 0 Å². The molecule has 420 valence electrons. The zero-order valence-corrected chi connectivity index (χ0v) is 46.4. The Hall–Kier alpha value is -2.26. The summed E-state index contributed by atoms with van der Waals surface area (Å²) in [4.78, 5) is 43.9. The van der Waals surface area contributed by atoms with E-state index in [1.165, 1.54) is 96.3 Å². The van der Waals surface area contributed by atoms with E-state index < -0.39 is 85.5 Å². The highest BCUT2D eigenvalue weighted by molar-refractivity contribution is 7.47. The van der Waals surface area contributed by atoms with Crippen molar-refractivity contribution in [2.45, 2.75) is 238 Å². The van der Waals surface area contributed by atoms with Gasteiger partial charge >= 0.3 is 27.6 Å². The van der Waals surface area contributed by atoms with E-state index in [-0.39, 0.29) is 12.8 Å². The van der Waals surface area contributed by atoms with E-state index in [2.05, 4.69) is 83.7 Å². The van der Waals surface area contributed by atoms with Gasteiger partial charge in [0, 0.05) is 12.8 Å². The Balaban J connectivity index is 3.84. The Morgan fingerprint density at radius 1 is 0.361 bits per heavy atom. The normalized spacial score (nSPS) is 15.3. The number of rotatable bonds is 53. The van der Waals surface area contributed by atoms with E-state index in [0.717, 1.165) is 83.5 Å². The van der Waals surface area contributed by atoms with Crippen LogP contribution in [0.1, 0.15) is 219 Å². The van der Waals surface area contributed by atoms with Gasteiger partial charge in [0.05, 0.1) is 26.4 Å². The Bertz CT molecular complexity index is 1520. The molecule has 0 saturated heterocycles. The summed E-state index contributed by atoms with van der Waals surface area (Å²) in [5.41, 5.74) is 0. The van der Waals surface area contributed by atoms with Crippen molar-refractivity contribution < 1.29 is 71.4 Å². The minimum atomic E-state index is -4.79. The van der Waals surface area contributed by atoms with Crippen molar-refractivity contribution in [1.29, 1.82) is 0 Å². The van der Waals surface area contributed by atoms with E-state index in [0.29, 0.717) is 12.8 Å². The molecule has 15 nitrogen and oxygen atoms in total. The first kappa shape index (κ1) is 69.7. The van der Waals surface area contributed by atoms with Crippen LogP contribution in [0.25, 0.3) is 0 Å². The molecule has 0 aromatic heterocycles. The lowest BCUT2D eigenvalue weighted by Gasteiger charge is -2.19. The van der Waals surface area contributed by atoms with E-state index >= 15 is 0 Å². The first-order chi connectivity index (χ1) is 34.8. The number of unbranched alkanes of at least 4 members (excludes halogenated alkanes) is 23. The maximum absolute atomic E-state index is 12.2. The van der Waals surface area contributed by atoms with Gasteiger partial charge in [-0.15, -0.1) is 0 Å². The van der Waals surface area contributed by atoms with Gasteiger partial charge in [-0.2, -0.15) is 0 Å². The summed E-state index contributed by atoms with van der Waals surface area (Å²) in [7, 11) is -9.59. The standard InChI is InChI=1S/C55H100O15P2/c1-3-5-7-9-11-13-15-17-19-21-23-24-26-28-30-32-34-36-38-40-42-44-55(60)66-46-52(57)48-68-72(63,64)70-50-53(58)49-69-71(61,62)67-47-51(56)45-65-54(59)43-41-39-37-35-33-31-29-27-25-22-20-18-16-14-12-10-8-6-4-2/h11-14,17-20,25,27,51-53,56-58H,3-10,15-16,21-24,26,28-50H2,1-2H3,(H,61,62)(H,63,64)/b13-11-,14-12-,19-17-,20-18-,27-25-. The predicted octanol–water partition coefficient (Wildman–Crippen LogP) is 13.7. The van der Waals surface area contributed by atoms with Crippen LogP contribution in [0.5, 0.6) is 0 Å². The molecule has 0 spiro atoms. The molecule has 0 fully saturated rings. The van der Waals surface area contributed by atoms with Crippen molar-refractivity contribution in [1.82, 2.24) is 0 Å². The van der Waals surface area contributed by atoms with Gasteiger partial charge in [-0.05, 0) is 83.5 Å². The second kappa shape index (κ2) is 50.9. The fourth-order valence-corrected chi connectivity index (χ4v) is 8.72. The minimum Gasteiger partial charge on any atom is -0.463 e. The second-order valence-corrected chi connectivity index (χ2v) is 21.5. The molecule has 0 aliphatic heterocycles. The maximum atomic E-state index is 12.2. The summed E-state index contributed by atoms with van der Waals surface area (Å²) in [6.45, 7) is 0.378. The van der Waals surface area contributed by atoms with Crippen LogP contribution < -0.4 is 0 Å². The molecule has 0 bridgehead atoms. The smallest absolute Gasteiger partial charge is 0.463 e. The molecule has 0 aliphatic carbocycles. The average Bonchev–Trinajstić information content (AvgIpc) is 3.36. The van der Waals surface area contributed by atoms with Crippen molar-refractivity contribution in [2.75, 3.05) is 39.6 Å². The van der Waals surface area contributed by atoms with Gasteiger partial charge in [0.25, 0.3) is 0 Å². The van der Waals surface area contributed by atoms with Crippen LogP contribution in [0.15, 0.2) is 60.8 Å². The SMILES string of the molecule is CCCCC/C=C\C/C=C\C/C=C\CCCCCCCCC(=O)OCC(O)COP(=O)(O)OCC(O)COP(=O)(O)OCC(O)COC(=O)CCCCCCCCCCCCC/C=C\C/C=C\CCCCC. The molecule has 0 aromatic carbocycles. The Kier molecular flexibility index (Phi) is 49.3. The number of carbonyl (C=O) groups excluding carboxylic acids is 2. The molecule has 17 heteroatoms. The lowest BCUT2D eigenvalue weighted by atomic mass is 10.0. The molecule has 0 radical (unpaired) electrons. The van der Waals surface area contributed by atoms with Crippen LogP contribution in [-0.2, 0) is 46.3 Å². The van der Waals surface area contributed by atoms with E-state index in [9.17, 15) is 43.8 Å². The Morgan fingerprint density at radius 3 is 0.889 bits per heavy atom. The van der Waals surface area contributed by atoms with Crippen molar-refractivity contribution in [3.63, 3.8) is 0 Å². The summed E-state index contributed by atoms with van der Waals surface area (Å²) >= 11 is 0. The number of carbonyl (C=O) groups is 2. The van der Waals surface area contributed by atoms with E-state index in [1.807, 2.05) is 0 Å². The third-order valence-corrected chi connectivity index (χ3v) is 13.3. The monoisotopic (exact) mass is 1060 g/mol. The molecule has 0 heterocycles. The average molecular weight is 1060 g/mol. The number of ether oxygens (including phenoxy) is 2. The van der Waals surface area contributed by atoms with Gasteiger partial charge in [-0.25, -0.2) is 9.13 Å². The number of aliphatic hydroxyl groups excluding tert-OH is 3. The highest BCUT2D eigenvalue weighted by Gasteiger charge is 2.28. The number of phosphoric acid groups is 2. The molecule has 5 N–H and O–H groups in total. The van der Waals surface area contributed by atoms with Crippen molar-refractivity contribution >= 4 is 27.6 Å². The number of hydrogen-bond acceptors (Lipinski definition) is 13. The summed E-state index contributed by atoms with van der Waals surface area (Å²) in [6, 6.07) is 0. The van der Waals surface area contributed by atoms with Crippen LogP contribution in [-0.4, -0.2) is 95.0 Å². The largest absolute Gasteiger partial charge is 0.472 e. The zero-order chi connectivity index (χ0) is 53.1. The fraction of sp³-hybridized carbons (Fsp3) is 0.782. The zero-order valence-electron chi connectivity index (χ0n) is 44.6. The minimum absolute atomic E-state index is 0.181. The number of esters is 2. The van der Waals surface area contributed by atoms with Gasteiger partial charge in [-0.1, -0.05) is 184 Å². The van der Waals surface area contributed by atoms with Crippen LogP contribution in [0.2, 0.25) is 0 Å². The molecule has 0 aromatic rings. The molecule has 0 aliphatic rings. The number of hydrogen-bond donors (Lipinski definition) is 5. The molecule has 0 saturated carbocycles. The first-order valence-electron chi connectivity index (χ1n) is 27.6. The predicted molar refractivity (Wildman–Crippen MR) is 288 cm³/mol. The summed E-state index contributed by atoms with van der Waals surface area (Å²) in [6.07, 6.45) is 51.9. The lowest BCUT2D eigenvalue weighted by Crippen LogP contribution is -2.25. The van der Waals surface area contributed by atoms with Gasteiger partial charge in [-0.3, -0.25) is 27.7 Å². The molecule has 5 atom stereocenters. The van der Waals surface area contributed by atoms with E-state index in [4.69, 9.17) is 18.5 Å². The molecular formula is C55H100O15P2. The molecular weight excluding hydrogens is 963 g/mol. The summed E-state index contributed by atoms with van der Waals surface area (Å²) in [5, 5.41) is 30.1. The third-order valence-electron chi connectivity index (χ3n) is 11.4. The summed E-state index contributed by atoms with van der Waals surface area (Å²) < 4.78 is 53.2. The first-order valence-corrected chi connectivity index (χ1v) is 30.6. The molecule has 5 unspecified atom stereocenters. The van der Waals surface area contributed by atoms with Gasteiger partial charge < -0.3 is 34.6 Å². The maximum Gasteiger partial charge on any atom is 0.472 e.